The number of benzene rings is 2. The molecule has 0 atom stereocenters. The van der Waals surface area contributed by atoms with Gasteiger partial charge in [-0.25, -0.2) is 0 Å². The van der Waals surface area contributed by atoms with Crippen LogP contribution in [0.4, 0.5) is 11.4 Å². The van der Waals surface area contributed by atoms with E-state index >= 15 is 0 Å². The van der Waals surface area contributed by atoms with E-state index in [4.69, 9.17) is 10.5 Å². The van der Waals surface area contributed by atoms with Gasteiger partial charge in [0.1, 0.15) is 5.75 Å². The first kappa shape index (κ1) is 16.8. The van der Waals surface area contributed by atoms with Gasteiger partial charge >= 0.3 is 0 Å². The minimum atomic E-state index is -0.252. The van der Waals surface area contributed by atoms with Crippen LogP contribution >= 0.6 is 0 Å². The Balaban J connectivity index is 1.59. The average molecular weight is 339 g/mol. The zero-order valence-electron chi connectivity index (χ0n) is 13.9. The summed E-state index contributed by atoms with van der Waals surface area (Å²) in [6.07, 6.45) is 2.11. The molecule has 0 spiro atoms. The number of hydrogen-bond donors (Lipinski definition) is 2. The van der Waals surface area contributed by atoms with Crippen molar-refractivity contribution in [3.8, 4) is 5.75 Å². The Kier molecular flexibility index (Phi) is 5.18. The van der Waals surface area contributed by atoms with Crippen LogP contribution in [0.3, 0.4) is 0 Å². The number of anilines is 2. The Morgan fingerprint density at radius 2 is 1.84 bits per heavy atom. The zero-order chi connectivity index (χ0) is 17.6. The van der Waals surface area contributed by atoms with Crippen molar-refractivity contribution in [3.05, 3.63) is 54.1 Å². The van der Waals surface area contributed by atoms with Crippen molar-refractivity contribution in [3.63, 3.8) is 0 Å². The van der Waals surface area contributed by atoms with Crippen molar-refractivity contribution in [2.45, 2.75) is 12.8 Å². The number of nitrogens with two attached hydrogens (primary N) is 1. The van der Waals surface area contributed by atoms with E-state index in [0.29, 0.717) is 22.7 Å². The van der Waals surface area contributed by atoms with Gasteiger partial charge in [-0.15, -0.1) is 0 Å². The number of rotatable bonds is 5. The van der Waals surface area contributed by atoms with Crippen LogP contribution in [0, 0.1) is 0 Å². The molecule has 0 bridgehead atoms. The van der Waals surface area contributed by atoms with Gasteiger partial charge in [0, 0.05) is 36.1 Å². The molecule has 3 N–H and O–H groups in total. The standard InChI is InChI=1S/C19H21N3O3/c20-15-6-3-5-14(11-15)19(24)21-16-7-4-8-17(12-16)25-13-18(23)22-9-1-2-10-22/h3-8,11-12H,1-2,9-10,13,20H2,(H,21,24). The van der Waals surface area contributed by atoms with Gasteiger partial charge in [-0.05, 0) is 43.2 Å². The number of ether oxygens (including phenoxy) is 1. The molecule has 2 amide bonds. The molecule has 0 unspecified atom stereocenters. The molecule has 6 nitrogen and oxygen atoms in total. The van der Waals surface area contributed by atoms with Gasteiger partial charge in [0.25, 0.3) is 11.8 Å². The van der Waals surface area contributed by atoms with Crippen LogP contribution in [0.1, 0.15) is 23.2 Å². The number of nitrogen functional groups attached to an aromatic ring is 1. The summed E-state index contributed by atoms with van der Waals surface area (Å²) >= 11 is 0. The van der Waals surface area contributed by atoms with Gasteiger partial charge in [0.05, 0.1) is 0 Å². The van der Waals surface area contributed by atoms with Crippen LogP contribution in [0.15, 0.2) is 48.5 Å². The highest BCUT2D eigenvalue weighted by atomic mass is 16.5. The van der Waals surface area contributed by atoms with Crippen molar-refractivity contribution in [1.82, 2.24) is 4.90 Å². The Labute approximate surface area is 146 Å². The summed E-state index contributed by atoms with van der Waals surface area (Å²) in [5.41, 5.74) is 7.31. The van der Waals surface area contributed by atoms with Gasteiger partial charge in [-0.1, -0.05) is 12.1 Å². The molecule has 0 aromatic heterocycles. The lowest BCUT2D eigenvalue weighted by Gasteiger charge is -2.15. The highest BCUT2D eigenvalue weighted by molar-refractivity contribution is 6.04. The molecule has 130 valence electrons. The molecule has 1 aliphatic heterocycles. The van der Waals surface area contributed by atoms with Crippen molar-refractivity contribution >= 4 is 23.2 Å². The number of carbonyl (C=O) groups excluding carboxylic acids is 2. The van der Waals surface area contributed by atoms with E-state index in [-0.39, 0.29) is 18.4 Å². The first-order chi connectivity index (χ1) is 12.1. The second kappa shape index (κ2) is 7.70. The molecule has 2 aromatic rings. The fourth-order valence-electron chi connectivity index (χ4n) is 2.75. The number of carbonyl (C=O) groups is 2. The topological polar surface area (TPSA) is 84.7 Å². The Bertz CT molecular complexity index is 770. The van der Waals surface area contributed by atoms with Crippen LogP contribution in [-0.2, 0) is 4.79 Å². The molecule has 1 heterocycles. The number of amides is 2. The van der Waals surface area contributed by atoms with E-state index in [0.717, 1.165) is 25.9 Å². The third-order valence-corrected chi connectivity index (χ3v) is 4.06. The first-order valence-corrected chi connectivity index (χ1v) is 8.29. The average Bonchev–Trinajstić information content (AvgIpc) is 3.15. The third kappa shape index (κ3) is 4.50. The van der Waals surface area contributed by atoms with Crippen molar-refractivity contribution in [2.75, 3.05) is 30.7 Å². The van der Waals surface area contributed by atoms with E-state index in [9.17, 15) is 9.59 Å². The Morgan fingerprint density at radius 1 is 1.08 bits per heavy atom. The summed E-state index contributed by atoms with van der Waals surface area (Å²) in [4.78, 5) is 26.1. The van der Waals surface area contributed by atoms with Gasteiger partial charge < -0.3 is 20.7 Å². The smallest absolute Gasteiger partial charge is 0.260 e. The molecule has 1 aliphatic rings. The predicted octanol–water partition coefficient (Wildman–Crippen LogP) is 2.52. The lowest BCUT2D eigenvalue weighted by atomic mass is 10.2. The van der Waals surface area contributed by atoms with E-state index in [2.05, 4.69) is 5.32 Å². The highest BCUT2D eigenvalue weighted by Crippen LogP contribution is 2.19. The van der Waals surface area contributed by atoms with E-state index in [1.54, 1.807) is 48.5 Å². The maximum absolute atomic E-state index is 12.2. The van der Waals surface area contributed by atoms with Crippen LogP contribution in [-0.4, -0.2) is 36.4 Å². The molecule has 0 radical (unpaired) electrons. The molecule has 0 aliphatic carbocycles. The number of hydrogen-bond acceptors (Lipinski definition) is 4. The summed E-state index contributed by atoms with van der Waals surface area (Å²) in [7, 11) is 0. The molecule has 1 fully saturated rings. The van der Waals surface area contributed by atoms with Crippen LogP contribution in [0.25, 0.3) is 0 Å². The summed E-state index contributed by atoms with van der Waals surface area (Å²) in [5, 5.41) is 2.80. The second-order valence-corrected chi connectivity index (χ2v) is 5.98. The van der Waals surface area contributed by atoms with Crippen molar-refractivity contribution in [1.29, 1.82) is 0 Å². The largest absolute Gasteiger partial charge is 0.484 e. The quantitative estimate of drug-likeness (QED) is 0.820. The monoisotopic (exact) mass is 339 g/mol. The van der Waals surface area contributed by atoms with Crippen molar-refractivity contribution in [2.24, 2.45) is 0 Å². The molecule has 6 heteroatoms. The molecular weight excluding hydrogens is 318 g/mol. The summed E-state index contributed by atoms with van der Waals surface area (Å²) < 4.78 is 5.56. The maximum Gasteiger partial charge on any atom is 0.260 e. The fourth-order valence-corrected chi connectivity index (χ4v) is 2.75. The summed E-state index contributed by atoms with van der Waals surface area (Å²) in [5.74, 6) is 0.280. The molecule has 2 aromatic carbocycles. The van der Waals surface area contributed by atoms with Gasteiger partial charge in [0.15, 0.2) is 6.61 Å². The molecular formula is C19H21N3O3. The van der Waals surface area contributed by atoms with E-state index in [1.807, 2.05) is 4.90 Å². The Hall–Kier alpha value is -3.02. The number of likely N-dealkylation sites (tertiary alicyclic amines) is 1. The lowest BCUT2D eigenvalue weighted by molar-refractivity contribution is -0.132. The van der Waals surface area contributed by atoms with Gasteiger partial charge in [-0.2, -0.15) is 0 Å². The second-order valence-electron chi connectivity index (χ2n) is 5.98. The summed E-state index contributed by atoms with van der Waals surface area (Å²) in [6.45, 7) is 1.61. The zero-order valence-corrected chi connectivity index (χ0v) is 13.9. The molecule has 1 saturated heterocycles. The lowest BCUT2D eigenvalue weighted by Crippen LogP contribution is -2.32. The number of nitrogens with one attached hydrogen (secondary N) is 1. The molecule has 3 rings (SSSR count). The van der Waals surface area contributed by atoms with Crippen LogP contribution in [0.5, 0.6) is 5.75 Å². The minimum Gasteiger partial charge on any atom is -0.484 e. The fraction of sp³-hybridized carbons (Fsp3) is 0.263. The highest BCUT2D eigenvalue weighted by Gasteiger charge is 2.18. The van der Waals surface area contributed by atoms with E-state index in [1.165, 1.54) is 0 Å². The number of nitrogens with zero attached hydrogens (tertiary/aromatic N) is 1. The SMILES string of the molecule is Nc1cccc(C(=O)Nc2cccc(OCC(=O)N3CCCC3)c2)c1. The van der Waals surface area contributed by atoms with Crippen molar-refractivity contribution < 1.29 is 14.3 Å². The van der Waals surface area contributed by atoms with E-state index < -0.39 is 0 Å². The molecule has 25 heavy (non-hydrogen) atoms. The predicted molar refractivity (Wildman–Crippen MR) is 96.6 cm³/mol. The van der Waals surface area contributed by atoms with Gasteiger partial charge in [0.2, 0.25) is 0 Å². The minimum absolute atomic E-state index is 0.00657. The third-order valence-electron chi connectivity index (χ3n) is 4.06. The van der Waals surface area contributed by atoms with Crippen LogP contribution in [0.2, 0.25) is 0 Å². The van der Waals surface area contributed by atoms with Gasteiger partial charge in [-0.3, -0.25) is 9.59 Å². The van der Waals surface area contributed by atoms with Crippen LogP contribution < -0.4 is 15.8 Å². The molecule has 0 saturated carbocycles. The summed E-state index contributed by atoms with van der Waals surface area (Å²) in [6, 6.07) is 13.8. The normalized spacial score (nSPS) is 13.5. The first-order valence-electron chi connectivity index (χ1n) is 8.29. The maximum atomic E-state index is 12.2. The Morgan fingerprint density at radius 3 is 2.60 bits per heavy atom.